The molecular formula is C16H22ClNO. The Labute approximate surface area is 121 Å². The van der Waals surface area contributed by atoms with E-state index < -0.39 is 0 Å². The van der Waals surface area contributed by atoms with Crippen LogP contribution in [0.1, 0.15) is 38.3 Å². The molecule has 0 radical (unpaired) electrons. The number of benzene rings is 2. The molecule has 0 saturated heterocycles. The van der Waals surface area contributed by atoms with E-state index in [-0.39, 0.29) is 18.4 Å². The van der Waals surface area contributed by atoms with Crippen LogP contribution in [0.3, 0.4) is 0 Å². The van der Waals surface area contributed by atoms with Crippen molar-refractivity contribution in [3.8, 4) is 5.75 Å². The summed E-state index contributed by atoms with van der Waals surface area (Å²) in [5.41, 5.74) is 7.13. The number of nitrogens with two attached hydrogens (primary N) is 1. The van der Waals surface area contributed by atoms with Crippen LogP contribution < -0.4 is 5.73 Å². The molecule has 3 heteroatoms. The van der Waals surface area contributed by atoms with Gasteiger partial charge in [-0.05, 0) is 35.6 Å². The van der Waals surface area contributed by atoms with Crippen LogP contribution in [-0.2, 0) is 0 Å². The van der Waals surface area contributed by atoms with E-state index in [2.05, 4.69) is 13.8 Å². The number of hydrogen-bond acceptors (Lipinski definition) is 2. The minimum atomic E-state index is -0.0986. The van der Waals surface area contributed by atoms with Crippen LogP contribution in [0.15, 0.2) is 36.4 Å². The Morgan fingerprint density at radius 2 is 1.74 bits per heavy atom. The lowest BCUT2D eigenvalue weighted by atomic mass is 9.93. The molecule has 2 rings (SSSR count). The Balaban J connectivity index is 0.00000180. The van der Waals surface area contributed by atoms with Crippen LogP contribution >= 0.6 is 12.4 Å². The molecule has 0 unspecified atom stereocenters. The largest absolute Gasteiger partial charge is 0.508 e. The molecule has 2 aromatic rings. The third kappa shape index (κ3) is 3.62. The molecule has 0 amide bonds. The van der Waals surface area contributed by atoms with Crippen molar-refractivity contribution in [3.63, 3.8) is 0 Å². The van der Waals surface area contributed by atoms with Crippen LogP contribution in [0.2, 0.25) is 0 Å². The summed E-state index contributed by atoms with van der Waals surface area (Å²) in [5.74, 6) is 0.943. The molecule has 0 aliphatic rings. The number of aromatic hydroxyl groups is 1. The zero-order valence-corrected chi connectivity index (χ0v) is 12.3. The number of hydrogen-bond donors (Lipinski definition) is 2. The second-order valence-electron chi connectivity index (χ2n) is 5.30. The molecule has 1 atom stereocenters. The summed E-state index contributed by atoms with van der Waals surface area (Å²) in [5, 5.41) is 12.3. The van der Waals surface area contributed by atoms with E-state index in [4.69, 9.17) is 5.73 Å². The molecule has 104 valence electrons. The molecule has 2 aromatic carbocycles. The van der Waals surface area contributed by atoms with E-state index in [0.717, 1.165) is 29.2 Å². The van der Waals surface area contributed by atoms with E-state index in [1.165, 1.54) is 0 Å². The second kappa shape index (κ2) is 6.78. The number of halogens is 1. The molecule has 2 nitrogen and oxygen atoms in total. The second-order valence-corrected chi connectivity index (χ2v) is 5.30. The molecule has 0 aliphatic carbocycles. The normalized spacial score (nSPS) is 12.4. The van der Waals surface area contributed by atoms with Crippen molar-refractivity contribution in [2.75, 3.05) is 0 Å². The van der Waals surface area contributed by atoms with Crippen LogP contribution in [0, 0.1) is 5.92 Å². The van der Waals surface area contributed by atoms with Gasteiger partial charge in [0, 0.05) is 11.6 Å². The van der Waals surface area contributed by atoms with Crippen molar-refractivity contribution in [2.24, 2.45) is 11.7 Å². The van der Waals surface area contributed by atoms with Crippen LogP contribution in [-0.4, -0.2) is 5.11 Å². The van der Waals surface area contributed by atoms with Gasteiger partial charge in [-0.1, -0.05) is 44.2 Å². The average Bonchev–Trinajstić information content (AvgIpc) is 2.36. The zero-order chi connectivity index (χ0) is 13.1. The van der Waals surface area contributed by atoms with Crippen molar-refractivity contribution >= 4 is 23.2 Å². The minimum absolute atomic E-state index is 0. The minimum Gasteiger partial charge on any atom is -0.508 e. The topological polar surface area (TPSA) is 46.2 Å². The SMILES string of the molecule is CC(C)CC[C@H](N)c1c(O)ccc2ccccc12.Cl. The molecule has 0 aromatic heterocycles. The first kappa shape index (κ1) is 15.8. The molecular weight excluding hydrogens is 258 g/mol. The van der Waals surface area contributed by atoms with Gasteiger partial charge in [-0.25, -0.2) is 0 Å². The Morgan fingerprint density at radius 3 is 2.42 bits per heavy atom. The van der Waals surface area contributed by atoms with Gasteiger partial charge < -0.3 is 10.8 Å². The first-order valence-electron chi connectivity index (χ1n) is 6.55. The van der Waals surface area contributed by atoms with E-state index in [1.807, 2.05) is 30.3 Å². The Hall–Kier alpha value is -1.25. The van der Waals surface area contributed by atoms with Gasteiger partial charge in [0.15, 0.2) is 0 Å². The van der Waals surface area contributed by atoms with Gasteiger partial charge in [0.2, 0.25) is 0 Å². The number of phenols is 1. The van der Waals surface area contributed by atoms with Gasteiger partial charge in [0.1, 0.15) is 5.75 Å². The summed E-state index contributed by atoms with van der Waals surface area (Å²) >= 11 is 0. The third-order valence-corrected chi connectivity index (χ3v) is 3.37. The smallest absolute Gasteiger partial charge is 0.120 e. The quantitative estimate of drug-likeness (QED) is 0.871. The summed E-state index contributed by atoms with van der Waals surface area (Å²) < 4.78 is 0. The van der Waals surface area contributed by atoms with Gasteiger partial charge in [-0.2, -0.15) is 0 Å². The maximum atomic E-state index is 10.1. The van der Waals surface area contributed by atoms with Gasteiger partial charge in [-0.15, -0.1) is 12.4 Å². The van der Waals surface area contributed by atoms with E-state index in [1.54, 1.807) is 6.07 Å². The average molecular weight is 280 g/mol. The van der Waals surface area contributed by atoms with Gasteiger partial charge in [0.05, 0.1) is 0 Å². The van der Waals surface area contributed by atoms with Crippen LogP contribution in [0.4, 0.5) is 0 Å². The van der Waals surface area contributed by atoms with Gasteiger partial charge >= 0.3 is 0 Å². The predicted molar refractivity (Wildman–Crippen MR) is 83.9 cm³/mol. The van der Waals surface area contributed by atoms with Gasteiger partial charge in [-0.3, -0.25) is 0 Å². The molecule has 0 fully saturated rings. The fourth-order valence-electron chi connectivity index (χ4n) is 2.33. The maximum Gasteiger partial charge on any atom is 0.120 e. The number of fused-ring (bicyclic) bond motifs is 1. The van der Waals surface area contributed by atoms with E-state index >= 15 is 0 Å². The van der Waals surface area contributed by atoms with Gasteiger partial charge in [0.25, 0.3) is 0 Å². The lowest BCUT2D eigenvalue weighted by Crippen LogP contribution is -2.12. The first-order valence-corrected chi connectivity index (χ1v) is 6.55. The van der Waals surface area contributed by atoms with E-state index in [0.29, 0.717) is 11.7 Å². The number of phenolic OH excluding ortho intramolecular Hbond substituents is 1. The van der Waals surface area contributed by atoms with Crippen molar-refractivity contribution in [1.29, 1.82) is 0 Å². The molecule has 0 saturated carbocycles. The van der Waals surface area contributed by atoms with Crippen LogP contribution in [0.25, 0.3) is 10.8 Å². The summed E-state index contributed by atoms with van der Waals surface area (Å²) in [6.07, 6.45) is 1.98. The maximum absolute atomic E-state index is 10.1. The molecule has 0 bridgehead atoms. The van der Waals surface area contributed by atoms with Crippen molar-refractivity contribution in [1.82, 2.24) is 0 Å². The zero-order valence-electron chi connectivity index (χ0n) is 11.5. The molecule has 0 aliphatic heterocycles. The van der Waals surface area contributed by atoms with Crippen molar-refractivity contribution < 1.29 is 5.11 Å². The highest BCUT2D eigenvalue weighted by atomic mass is 35.5. The highest BCUT2D eigenvalue weighted by Crippen LogP contribution is 2.33. The Morgan fingerprint density at radius 1 is 1.05 bits per heavy atom. The van der Waals surface area contributed by atoms with Crippen molar-refractivity contribution in [2.45, 2.75) is 32.7 Å². The highest BCUT2D eigenvalue weighted by molar-refractivity contribution is 5.88. The lowest BCUT2D eigenvalue weighted by molar-refractivity contribution is 0.450. The highest BCUT2D eigenvalue weighted by Gasteiger charge is 2.14. The van der Waals surface area contributed by atoms with Crippen molar-refractivity contribution in [3.05, 3.63) is 42.0 Å². The molecule has 3 N–H and O–H groups in total. The fraction of sp³-hybridized carbons (Fsp3) is 0.375. The molecule has 0 heterocycles. The summed E-state index contributed by atoms with van der Waals surface area (Å²) in [7, 11) is 0. The Kier molecular flexibility index (Phi) is 5.64. The van der Waals surface area contributed by atoms with Crippen LogP contribution in [0.5, 0.6) is 5.75 Å². The Bertz CT molecular complexity index is 539. The predicted octanol–water partition coefficient (Wildman–Crippen LogP) is 4.40. The number of rotatable bonds is 4. The summed E-state index contributed by atoms with van der Waals surface area (Å²) in [6.45, 7) is 4.38. The lowest BCUT2D eigenvalue weighted by Gasteiger charge is -2.17. The molecule has 19 heavy (non-hydrogen) atoms. The standard InChI is InChI=1S/C16H21NO.ClH/c1-11(2)7-9-14(17)16-13-6-4-3-5-12(13)8-10-15(16)18;/h3-6,8,10-11,14,18H,7,9,17H2,1-2H3;1H/t14-;/m0./s1. The monoisotopic (exact) mass is 279 g/mol. The molecule has 0 spiro atoms. The summed E-state index contributed by atoms with van der Waals surface area (Å²) in [4.78, 5) is 0. The third-order valence-electron chi connectivity index (χ3n) is 3.37. The van der Waals surface area contributed by atoms with E-state index in [9.17, 15) is 5.11 Å². The first-order chi connectivity index (χ1) is 8.59. The fourth-order valence-corrected chi connectivity index (χ4v) is 2.33. The summed E-state index contributed by atoms with van der Waals surface area (Å²) in [6, 6.07) is 11.6.